The average Bonchev–Trinajstić information content (AvgIpc) is 2.53. The van der Waals surface area contributed by atoms with Gasteiger partial charge in [-0.25, -0.2) is 4.98 Å². The van der Waals surface area contributed by atoms with E-state index in [2.05, 4.69) is 21.5 Å². The van der Waals surface area contributed by atoms with Gasteiger partial charge in [-0.05, 0) is 33.0 Å². The molecule has 0 unspecified atom stereocenters. The smallest absolute Gasteiger partial charge is 0.200 e. The van der Waals surface area contributed by atoms with Gasteiger partial charge in [-0.15, -0.1) is 0 Å². The molecule has 2 heterocycles. The molecule has 1 aliphatic heterocycles. The van der Waals surface area contributed by atoms with E-state index < -0.39 is 0 Å². The number of piperidine rings is 1. The molecule has 2 rings (SSSR count). The standard InChI is InChI=1S/C9H16N4/c1-12-5-2-8(3-6-12)13-7-4-11-9(13)10/h4,7-8H,2-3,5-6H2,1H3,(H2,10,11). The van der Waals surface area contributed by atoms with Crippen molar-refractivity contribution in [3.63, 3.8) is 0 Å². The molecule has 1 aromatic heterocycles. The summed E-state index contributed by atoms with van der Waals surface area (Å²) in [4.78, 5) is 6.39. The summed E-state index contributed by atoms with van der Waals surface area (Å²) in [6, 6.07) is 0.554. The molecule has 0 atom stereocenters. The van der Waals surface area contributed by atoms with Gasteiger partial charge in [0.25, 0.3) is 0 Å². The van der Waals surface area contributed by atoms with E-state index in [0.717, 1.165) is 13.1 Å². The molecule has 0 saturated carbocycles. The number of aromatic nitrogens is 2. The summed E-state index contributed by atoms with van der Waals surface area (Å²) >= 11 is 0. The summed E-state index contributed by atoms with van der Waals surface area (Å²) in [6.45, 7) is 2.31. The van der Waals surface area contributed by atoms with E-state index in [1.807, 2.05) is 6.20 Å². The van der Waals surface area contributed by atoms with Gasteiger partial charge in [0.15, 0.2) is 5.95 Å². The number of nitrogen functional groups attached to an aromatic ring is 1. The molecular weight excluding hydrogens is 164 g/mol. The summed E-state index contributed by atoms with van der Waals surface area (Å²) in [5, 5.41) is 0. The Morgan fingerprint density at radius 2 is 2.15 bits per heavy atom. The Bertz CT molecular complexity index is 273. The van der Waals surface area contributed by atoms with Gasteiger partial charge in [-0.3, -0.25) is 0 Å². The van der Waals surface area contributed by atoms with Gasteiger partial charge in [0.1, 0.15) is 0 Å². The van der Waals surface area contributed by atoms with E-state index in [-0.39, 0.29) is 0 Å². The summed E-state index contributed by atoms with van der Waals surface area (Å²) in [6.07, 6.45) is 6.10. The van der Waals surface area contributed by atoms with Gasteiger partial charge >= 0.3 is 0 Å². The van der Waals surface area contributed by atoms with Crippen molar-refractivity contribution >= 4 is 5.95 Å². The predicted molar refractivity (Wildman–Crippen MR) is 52.4 cm³/mol. The molecule has 0 radical (unpaired) electrons. The van der Waals surface area contributed by atoms with Crippen LogP contribution in [0.4, 0.5) is 5.95 Å². The van der Waals surface area contributed by atoms with E-state index in [1.54, 1.807) is 6.20 Å². The maximum absolute atomic E-state index is 5.74. The fourth-order valence-electron chi connectivity index (χ4n) is 1.91. The van der Waals surface area contributed by atoms with Crippen LogP contribution >= 0.6 is 0 Å². The highest BCUT2D eigenvalue weighted by atomic mass is 15.2. The van der Waals surface area contributed by atoms with Crippen LogP contribution in [0.5, 0.6) is 0 Å². The molecular formula is C9H16N4. The van der Waals surface area contributed by atoms with Gasteiger partial charge in [0.05, 0.1) is 0 Å². The van der Waals surface area contributed by atoms with E-state index in [9.17, 15) is 0 Å². The average molecular weight is 180 g/mol. The number of anilines is 1. The van der Waals surface area contributed by atoms with Gasteiger partial charge in [0, 0.05) is 18.4 Å². The molecule has 4 heteroatoms. The molecule has 2 N–H and O–H groups in total. The maximum atomic E-state index is 5.74. The summed E-state index contributed by atoms with van der Waals surface area (Å²) in [7, 11) is 2.16. The lowest BCUT2D eigenvalue weighted by Gasteiger charge is -2.30. The predicted octanol–water partition coefficient (Wildman–Crippen LogP) is 0.732. The third-order valence-electron chi connectivity index (χ3n) is 2.78. The monoisotopic (exact) mass is 180 g/mol. The van der Waals surface area contributed by atoms with Crippen molar-refractivity contribution in [2.45, 2.75) is 18.9 Å². The van der Waals surface area contributed by atoms with E-state index in [0.29, 0.717) is 12.0 Å². The van der Waals surface area contributed by atoms with Crippen molar-refractivity contribution in [3.05, 3.63) is 12.4 Å². The van der Waals surface area contributed by atoms with Gasteiger partial charge in [0.2, 0.25) is 0 Å². The number of imidazole rings is 1. The van der Waals surface area contributed by atoms with Crippen molar-refractivity contribution in [1.29, 1.82) is 0 Å². The Morgan fingerprint density at radius 3 is 2.69 bits per heavy atom. The summed E-state index contributed by atoms with van der Waals surface area (Å²) in [5.41, 5.74) is 5.74. The Labute approximate surface area is 78.4 Å². The van der Waals surface area contributed by atoms with Gasteiger partial charge in [-0.1, -0.05) is 0 Å². The highest BCUT2D eigenvalue weighted by Gasteiger charge is 2.18. The molecule has 0 aliphatic carbocycles. The van der Waals surface area contributed by atoms with Crippen LogP contribution in [0, 0.1) is 0 Å². The quantitative estimate of drug-likeness (QED) is 0.693. The first-order valence-electron chi connectivity index (χ1n) is 4.74. The molecule has 0 spiro atoms. The zero-order valence-electron chi connectivity index (χ0n) is 7.98. The molecule has 72 valence electrons. The number of hydrogen-bond acceptors (Lipinski definition) is 3. The third kappa shape index (κ3) is 1.67. The third-order valence-corrected chi connectivity index (χ3v) is 2.78. The second-order valence-corrected chi connectivity index (χ2v) is 3.73. The highest BCUT2D eigenvalue weighted by Crippen LogP contribution is 2.23. The summed E-state index contributed by atoms with van der Waals surface area (Å²) in [5.74, 6) is 0.648. The lowest BCUT2D eigenvalue weighted by atomic mass is 10.1. The molecule has 1 saturated heterocycles. The van der Waals surface area contributed by atoms with Crippen molar-refractivity contribution in [2.75, 3.05) is 25.9 Å². The maximum Gasteiger partial charge on any atom is 0.200 e. The molecule has 1 aromatic rings. The lowest BCUT2D eigenvalue weighted by Crippen LogP contribution is -2.31. The molecule has 4 nitrogen and oxygen atoms in total. The molecule has 13 heavy (non-hydrogen) atoms. The minimum absolute atomic E-state index is 0.554. The molecule has 0 aromatic carbocycles. The van der Waals surface area contributed by atoms with Gasteiger partial charge < -0.3 is 15.2 Å². The van der Waals surface area contributed by atoms with E-state index in [4.69, 9.17) is 5.73 Å². The van der Waals surface area contributed by atoms with Crippen LogP contribution in [0.25, 0.3) is 0 Å². The topological polar surface area (TPSA) is 47.1 Å². The van der Waals surface area contributed by atoms with Crippen LogP contribution in [0.15, 0.2) is 12.4 Å². The van der Waals surface area contributed by atoms with Crippen LogP contribution in [-0.4, -0.2) is 34.6 Å². The number of nitrogens with two attached hydrogens (primary N) is 1. The van der Waals surface area contributed by atoms with E-state index in [1.165, 1.54) is 12.8 Å². The van der Waals surface area contributed by atoms with Crippen LogP contribution in [0.3, 0.4) is 0 Å². The molecule has 0 bridgehead atoms. The number of likely N-dealkylation sites (tertiary alicyclic amines) is 1. The first kappa shape index (κ1) is 8.56. The first-order chi connectivity index (χ1) is 6.27. The highest BCUT2D eigenvalue weighted by molar-refractivity contribution is 5.18. The Morgan fingerprint density at radius 1 is 1.46 bits per heavy atom. The number of rotatable bonds is 1. The Kier molecular flexibility index (Phi) is 2.22. The molecule has 1 aliphatic rings. The second-order valence-electron chi connectivity index (χ2n) is 3.73. The minimum Gasteiger partial charge on any atom is -0.369 e. The van der Waals surface area contributed by atoms with Crippen molar-refractivity contribution in [2.24, 2.45) is 0 Å². The molecule has 0 amide bonds. The SMILES string of the molecule is CN1CCC(n2ccnc2N)CC1. The number of hydrogen-bond donors (Lipinski definition) is 1. The fraction of sp³-hybridized carbons (Fsp3) is 0.667. The van der Waals surface area contributed by atoms with Crippen LogP contribution in [-0.2, 0) is 0 Å². The largest absolute Gasteiger partial charge is 0.369 e. The van der Waals surface area contributed by atoms with E-state index >= 15 is 0 Å². The van der Waals surface area contributed by atoms with Crippen molar-refractivity contribution < 1.29 is 0 Å². The Hall–Kier alpha value is -1.03. The van der Waals surface area contributed by atoms with Crippen LogP contribution in [0.2, 0.25) is 0 Å². The minimum atomic E-state index is 0.554. The van der Waals surface area contributed by atoms with Gasteiger partial charge in [-0.2, -0.15) is 0 Å². The van der Waals surface area contributed by atoms with Crippen LogP contribution in [0.1, 0.15) is 18.9 Å². The summed E-state index contributed by atoms with van der Waals surface area (Å²) < 4.78 is 2.09. The van der Waals surface area contributed by atoms with Crippen molar-refractivity contribution in [1.82, 2.24) is 14.5 Å². The fourth-order valence-corrected chi connectivity index (χ4v) is 1.91. The van der Waals surface area contributed by atoms with Crippen molar-refractivity contribution in [3.8, 4) is 0 Å². The zero-order chi connectivity index (χ0) is 9.26. The normalized spacial score (nSPS) is 20.7. The second kappa shape index (κ2) is 3.38. The zero-order valence-corrected chi connectivity index (χ0v) is 7.98. The lowest BCUT2D eigenvalue weighted by molar-refractivity contribution is 0.222. The number of nitrogens with zero attached hydrogens (tertiary/aromatic N) is 3. The first-order valence-corrected chi connectivity index (χ1v) is 4.74. The Balaban J connectivity index is 2.06. The molecule has 1 fully saturated rings. The van der Waals surface area contributed by atoms with Crippen LogP contribution < -0.4 is 5.73 Å².